The van der Waals surface area contributed by atoms with Crippen molar-refractivity contribution in [1.82, 2.24) is 4.57 Å². The van der Waals surface area contributed by atoms with E-state index in [9.17, 15) is 0 Å². The quantitative estimate of drug-likeness (QED) is 0.172. The summed E-state index contributed by atoms with van der Waals surface area (Å²) in [4.78, 5) is 2.32. The predicted molar refractivity (Wildman–Crippen MR) is 231 cm³/mol. The molecule has 55 heavy (non-hydrogen) atoms. The fraction of sp³-hybridized carbons (Fsp3) is 0. The molecule has 11 rings (SSSR count). The van der Waals surface area contributed by atoms with Gasteiger partial charge in [-0.15, -0.1) is 0 Å². The van der Waals surface area contributed by atoms with Crippen molar-refractivity contribution in [2.45, 2.75) is 0 Å². The average molecular weight is 703 g/mol. The van der Waals surface area contributed by atoms with Crippen LogP contribution >= 0.6 is 0 Å². The number of hydrogen-bond donors (Lipinski definition) is 0. The number of rotatable bonds is 6. The lowest BCUT2D eigenvalue weighted by molar-refractivity contribution is 0.670. The van der Waals surface area contributed by atoms with E-state index >= 15 is 0 Å². The largest absolute Gasteiger partial charge is 0.453 e. The van der Waals surface area contributed by atoms with Crippen molar-refractivity contribution in [3.8, 4) is 27.9 Å². The lowest BCUT2D eigenvalue weighted by Gasteiger charge is -2.25. The zero-order valence-electron chi connectivity index (χ0n) is 29.9. The summed E-state index contributed by atoms with van der Waals surface area (Å²) in [5.74, 6) is 0. The highest BCUT2D eigenvalue weighted by molar-refractivity contribution is 6.24. The number of para-hydroxylation sites is 4. The van der Waals surface area contributed by atoms with E-state index in [4.69, 9.17) is 4.42 Å². The highest BCUT2D eigenvalue weighted by Crippen LogP contribution is 2.46. The zero-order valence-corrected chi connectivity index (χ0v) is 29.9. The molecule has 0 aliphatic carbocycles. The van der Waals surface area contributed by atoms with E-state index in [2.05, 4.69) is 216 Å². The molecule has 11 aromatic rings. The van der Waals surface area contributed by atoms with Crippen molar-refractivity contribution < 1.29 is 4.42 Å². The molecule has 0 spiro atoms. The molecule has 2 heterocycles. The molecule has 0 aliphatic rings. The maximum absolute atomic E-state index is 7.06. The Labute approximate surface area is 318 Å². The molecule has 0 fully saturated rings. The van der Waals surface area contributed by atoms with Gasteiger partial charge in [-0.3, -0.25) is 0 Å². The molecule has 0 unspecified atom stereocenters. The maximum Gasteiger partial charge on any atom is 0.159 e. The summed E-state index contributed by atoms with van der Waals surface area (Å²) in [5.41, 5.74) is 13.0. The van der Waals surface area contributed by atoms with Crippen LogP contribution in [0.3, 0.4) is 0 Å². The van der Waals surface area contributed by atoms with E-state index in [-0.39, 0.29) is 0 Å². The number of benzene rings is 9. The number of hydrogen-bond acceptors (Lipinski definition) is 2. The van der Waals surface area contributed by atoms with Crippen molar-refractivity contribution >= 4 is 71.6 Å². The van der Waals surface area contributed by atoms with Crippen LogP contribution in [0.25, 0.3) is 82.5 Å². The van der Waals surface area contributed by atoms with Crippen LogP contribution < -0.4 is 4.90 Å². The molecular weight excluding hydrogens is 669 g/mol. The van der Waals surface area contributed by atoms with Crippen LogP contribution in [0.5, 0.6) is 0 Å². The molecule has 0 atom stereocenters. The van der Waals surface area contributed by atoms with Gasteiger partial charge in [0.1, 0.15) is 5.58 Å². The molecule has 3 nitrogen and oxygen atoms in total. The molecule has 0 saturated carbocycles. The summed E-state index contributed by atoms with van der Waals surface area (Å²) in [5, 5.41) is 7.11. The molecule has 9 aromatic carbocycles. The van der Waals surface area contributed by atoms with Gasteiger partial charge in [0.2, 0.25) is 0 Å². The van der Waals surface area contributed by atoms with Gasteiger partial charge < -0.3 is 13.9 Å². The van der Waals surface area contributed by atoms with Gasteiger partial charge in [0, 0.05) is 44.2 Å². The number of aromatic nitrogens is 1. The molecule has 258 valence electrons. The van der Waals surface area contributed by atoms with Gasteiger partial charge >= 0.3 is 0 Å². The molecular formula is C52H34N2O. The van der Waals surface area contributed by atoms with Crippen molar-refractivity contribution in [2.24, 2.45) is 0 Å². The predicted octanol–water partition coefficient (Wildman–Crippen LogP) is 14.6. The lowest BCUT2D eigenvalue weighted by atomic mass is 9.96. The van der Waals surface area contributed by atoms with Gasteiger partial charge in [0.15, 0.2) is 5.58 Å². The third kappa shape index (κ3) is 5.05. The van der Waals surface area contributed by atoms with E-state index in [0.717, 1.165) is 61.4 Å². The minimum absolute atomic E-state index is 0.860. The van der Waals surface area contributed by atoms with E-state index in [1.165, 1.54) is 38.1 Å². The van der Waals surface area contributed by atoms with E-state index < -0.39 is 0 Å². The van der Waals surface area contributed by atoms with Crippen molar-refractivity contribution in [2.75, 3.05) is 4.90 Å². The summed E-state index contributed by atoms with van der Waals surface area (Å²) >= 11 is 0. The second-order valence-corrected chi connectivity index (χ2v) is 14.1. The van der Waals surface area contributed by atoms with Crippen molar-refractivity contribution in [3.05, 3.63) is 206 Å². The minimum Gasteiger partial charge on any atom is -0.453 e. The molecule has 0 aliphatic heterocycles. The maximum atomic E-state index is 7.06. The van der Waals surface area contributed by atoms with Gasteiger partial charge in [-0.2, -0.15) is 0 Å². The fourth-order valence-corrected chi connectivity index (χ4v) is 8.46. The SMILES string of the molecule is c1ccc(-c2cc3ccccc3c3c2oc2c(N(c4ccccc4)c4ccc(-c5ccc6c(c5)c5ccccc5n6-c5ccccc5)cc4)cccc23)cc1. The van der Waals surface area contributed by atoms with E-state index in [1.807, 2.05) is 0 Å². The van der Waals surface area contributed by atoms with E-state index in [1.54, 1.807) is 0 Å². The molecule has 0 bridgehead atoms. The summed E-state index contributed by atoms with van der Waals surface area (Å²) in [6.07, 6.45) is 0. The minimum atomic E-state index is 0.860. The van der Waals surface area contributed by atoms with Gasteiger partial charge in [-0.25, -0.2) is 0 Å². The highest BCUT2D eigenvalue weighted by atomic mass is 16.3. The first kappa shape index (κ1) is 31.2. The first-order valence-electron chi connectivity index (χ1n) is 18.8. The average Bonchev–Trinajstić information content (AvgIpc) is 3.82. The standard InChI is InChI=1S/C52H34N2O/c1-4-15-36(16-5-1)45-34-38-17-10-11-22-42(38)50-44-24-14-26-49(51(44)55-52(45)50)53(39-18-6-2-7-19-39)41-30-27-35(28-31-41)37-29-32-48-46(33-37)43-23-12-13-25-47(43)54(48)40-20-8-3-9-21-40/h1-34H. The Balaban J connectivity index is 1.07. The Hall–Kier alpha value is -7.36. The molecule has 3 heteroatoms. The summed E-state index contributed by atoms with van der Waals surface area (Å²) in [7, 11) is 0. The first-order valence-corrected chi connectivity index (χ1v) is 18.8. The third-order valence-electron chi connectivity index (χ3n) is 11.0. The zero-order chi connectivity index (χ0) is 36.3. The van der Waals surface area contributed by atoms with Crippen LogP contribution in [0.2, 0.25) is 0 Å². The topological polar surface area (TPSA) is 21.3 Å². The molecule has 0 radical (unpaired) electrons. The normalized spacial score (nSPS) is 11.6. The van der Waals surface area contributed by atoms with Gasteiger partial charge in [0.25, 0.3) is 0 Å². The Morgan fingerprint density at radius 1 is 0.382 bits per heavy atom. The Kier molecular flexibility index (Phi) is 7.17. The van der Waals surface area contributed by atoms with Crippen molar-refractivity contribution in [3.63, 3.8) is 0 Å². The number of fused-ring (bicyclic) bond motifs is 8. The van der Waals surface area contributed by atoms with E-state index in [0.29, 0.717) is 0 Å². The summed E-state index contributed by atoms with van der Waals surface area (Å²) < 4.78 is 9.42. The fourth-order valence-electron chi connectivity index (χ4n) is 8.46. The van der Waals surface area contributed by atoms with Crippen LogP contribution in [0.4, 0.5) is 17.1 Å². The lowest BCUT2D eigenvalue weighted by Crippen LogP contribution is -2.10. The van der Waals surface area contributed by atoms with Crippen molar-refractivity contribution in [1.29, 1.82) is 0 Å². The number of nitrogens with zero attached hydrogens (tertiary/aromatic N) is 2. The number of furan rings is 1. The van der Waals surface area contributed by atoms with Crippen LogP contribution in [0.15, 0.2) is 211 Å². The Morgan fingerprint density at radius 2 is 1.00 bits per heavy atom. The van der Waals surface area contributed by atoms with Crippen LogP contribution in [0.1, 0.15) is 0 Å². The smallest absolute Gasteiger partial charge is 0.159 e. The second-order valence-electron chi connectivity index (χ2n) is 14.1. The first-order chi connectivity index (χ1) is 27.3. The summed E-state index contributed by atoms with van der Waals surface area (Å²) in [6.45, 7) is 0. The molecule has 0 amide bonds. The molecule has 0 N–H and O–H groups in total. The van der Waals surface area contributed by atoms with Crippen LogP contribution in [0, 0.1) is 0 Å². The van der Waals surface area contributed by atoms with Gasteiger partial charge in [-0.1, -0.05) is 140 Å². The Bertz CT molecular complexity index is 3180. The van der Waals surface area contributed by atoms with Crippen LogP contribution in [-0.2, 0) is 0 Å². The molecule has 0 saturated heterocycles. The second kappa shape index (κ2) is 12.6. The molecule has 2 aromatic heterocycles. The summed E-state index contributed by atoms with van der Waals surface area (Å²) in [6, 6.07) is 73.6. The number of anilines is 3. The van der Waals surface area contributed by atoms with Gasteiger partial charge in [0.05, 0.1) is 16.7 Å². The highest BCUT2D eigenvalue weighted by Gasteiger charge is 2.22. The Morgan fingerprint density at radius 3 is 1.80 bits per heavy atom. The third-order valence-corrected chi connectivity index (χ3v) is 11.0. The van der Waals surface area contributed by atoms with Gasteiger partial charge in [-0.05, 0) is 94.2 Å². The monoisotopic (exact) mass is 702 g/mol. The van der Waals surface area contributed by atoms with Crippen LogP contribution in [-0.4, -0.2) is 4.57 Å².